The Morgan fingerprint density at radius 3 is 2.85 bits per heavy atom. The molecule has 0 unspecified atom stereocenters. The van der Waals surface area contributed by atoms with Crippen molar-refractivity contribution < 1.29 is 13.7 Å². The largest absolute Gasteiger partial charge is 0.463 e. The maximum Gasteiger partial charge on any atom is 0.290 e. The number of carbonyl (C=O) groups excluding carboxylic acids is 1. The van der Waals surface area contributed by atoms with Gasteiger partial charge in [0.1, 0.15) is 5.69 Å². The number of pyridine rings is 1. The Bertz CT molecular complexity index is 673. The highest BCUT2D eigenvalue weighted by Gasteiger charge is 2.09. The van der Waals surface area contributed by atoms with Crippen molar-refractivity contribution in [3.8, 4) is 11.5 Å². The standard InChI is InChI=1S/C14H11N3O3/c18-14(13-5-6-17-20-13)16-9-10-3-4-11(15-8-10)12-2-1-7-19-12/h1-8H,9H2,(H,16,18). The molecule has 0 aromatic carbocycles. The van der Waals surface area contributed by atoms with E-state index in [1.165, 1.54) is 12.3 Å². The third-order valence-electron chi connectivity index (χ3n) is 2.71. The van der Waals surface area contributed by atoms with Crippen LogP contribution in [0.1, 0.15) is 16.1 Å². The van der Waals surface area contributed by atoms with Crippen molar-refractivity contribution in [1.82, 2.24) is 15.5 Å². The summed E-state index contributed by atoms with van der Waals surface area (Å²) in [6.45, 7) is 0.366. The van der Waals surface area contributed by atoms with Crippen LogP contribution in [0.3, 0.4) is 0 Å². The van der Waals surface area contributed by atoms with Crippen LogP contribution in [0.15, 0.2) is 57.9 Å². The number of nitrogens with zero attached hydrogens (tertiary/aromatic N) is 2. The molecule has 3 aromatic heterocycles. The molecule has 20 heavy (non-hydrogen) atoms. The van der Waals surface area contributed by atoms with Gasteiger partial charge in [-0.05, 0) is 23.8 Å². The summed E-state index contributed by atoms with van der Waals surface area (Å²) in [4.78, 5) is 15.9. The van der Waals surface area contributed by atoms with E-state index in [-0.39, 0.29) is 11.7 Å². The number of aromatic nitrogens is 2. The molecule has 0 fully saturated rings. The van der Waals surface area contributed by atoms with Gasteiger partial charge in [0.2, 0.25) is 5.76 Å². The van der Waals surface area contributed by atoms with E-state index in [0.717, 1.165) is 11.3 Å². The molecular formula is C14H11N3O3. The van der Waals surface area contributed by atoms with E-state index >= 15 is 0 Å². The molecule has 6 nitrogen and oxygen atoms in total. The summed E-state index contributed by atoms with van der Waals surface area (Å²) in [5.74, 6) is 0.588. The van der Waals surface area contributed by atoms with Crippen LogP contribution >= 0.6 is 0 Å². The van der Waals surface area contributed by atoms with E-state index in [2.05, 4.69) is 15.5 Å². The second kappa shape index (κ2) is 5.40. The normalized spacial score (nSPS) is 10.4. The lowest BCUT2D eigenvalue weighted by molar-refractivity contribution is 0.0914. The van der Waals surface area contributed by atoms with Gasteiger partial charge in [0.15, 0.2) is 5.76 Å². The van der Waals surface area contributed by atoms with Gasteiger partial charge < -0.3 is 14.3 Å². The summed E-state index contributed by atoms with van der Waals surface area (Å²) >= 11 is 0. The lowest BCUT2D eigenvalue weighted by Gasteiger charge is -2.03. The minimum atomic E-state index is -0.308. The molecule has 0 aliphatic carbocycles. The van der Waals surface area contributed by atoms with Crippen molar-refractivity contribution in [3.05, 3.63) is 60.3 Å². The van der Waals surface area contributed by atoms with Gasteiger partial charge in [-0.25, -0.2) is 0 Å². The fourth-order valence-electron chi connectivity index (χ4n) is 1.70. The molecule has 0 atom stereocenters. The van der Waals surface area contributed by atoms with Crippen molar-refractivity contribution >= 4 is 5.91 Å². The van der Waals surface area contributed by atoms with Gasteiger partial charge in [-0.3, -0.25) is 9.78 Å². The molecule has 3 heterocycles. The van der Waals surface area contributed by atoms with Gasteiger partial charge in [-0.15, -0.1) is 0 Å². The molecule has 0 saturated heterocycles. The van der Waals surface area contributed by atoms with Crippen LogP contribution in [0, 0.1) is 0 Å². The van der Waals surface area contributed by atoms with Crippen molar-refractivity contribution in [2.24, 2.45) is 0 Å². The lowest BCUT2D eigenvalue weighted by atomic mass is 10.2. The average Bonchev–Trinajstić information content (AvgIpc) is 3.18. The predicted molar refractivity (Wildman–Crippen MR) is 69.6 cm³/mol. The van der Waals surface area contributed by atoms with Crippen LogP contribution in [0.2, 0.25) is 0 Å². The van der Waals surface area contributed by atoms with E-state index in [9.17, 15) is 4.79 Å². The number of furan rings is 1. The van der Waals surface area contributed by atoms with Gasteiger partial charge in [0, 0.05) is 18.8 Å². The zero-order chi connectivity index (χ0) is 13.8. The first-order valence-electron chi connectivity index (χ1n) is 6.00. The van der Waals surface area contributed by atoms with E-state index < -0.39 is 0 Å². The number of hydrogen-bond donors (Lipinski definition) is 1. The summed E-state index contributed by atoms with van der Waals surface area (Å²) in [7, 11) is 0. The minimum Gasteiger partial charge on any atom is -0.463 e. The Labute approximate surface area is 114 Å². The van der Waals surface area contributed by atoms with Gasteiger partial charge in [0.05, 0.1) is 12.5 Å². The number of hydrogen-bond acceptors (Lipinski definition) is 5. The molecule has 1 amide bonds. The second-order valence-corrected chi connectivity index (χ2v) is 4.09. The van der Waals surface area contributed by atoms with Crippen LogP contribution in [0.25, 0.3) is 11.5 Å². The molecule has 0 saturated carbocycles. The van der Waals surface area contributed by atoms with Gasteiger partial charge in [0.25, 0.3) is 5.91 Å². The molecule has 6 heteroatoms. The summed E-state index contributed by atoms with van der Waals surface area (Å²) in [5, 5.41) is 6.20. The average molecular weight is 269 g/mol. The molecule has 0 radical (unpaired) electrons. The molecule has 0 aliphatic rings. The third-order valence-corrected chi connectivity index (χ3v) is 2.71. The van der Waals surface area contributed by atoms with Gasteiger partial charge in [-0.2, -0.15) is 0 Å². The summed E-state index contributed by atoms with van der Waals surface area (Å²) in [6.07, 6.45) is 4.72. The van der Waals surface area contributed by atoms with Crippen LogP contribution in [-0.2, 0) is 6.54 Å². The Hall–Kier alpha value is -2.89. The van der Waals surface area contributed by atoms with Crippen LogP contribution in [0.5, 0.6) is 0 Å². The first-order chi connectivity index (χ1) is 9.83. The highest BCUT2D eigenvalue weighted by Crippen LogP contribution is 2.16. The number of rotatable bonds is 4. The van der Waals surface area contributed by atoms with Crippen molar-refractivity contribution in [1.29, 1.82) is 0 Å². The van der Waals surface area contributed by atoms with E-state index in [0.29, 0.717) is 12.3 Å². The van der Waals surface area contributed by atoms with Crippen molar-refractivity contribution in [2.75, 3.05) is 0 Å². The topological polar surface area (TPSA) is 81.2 Å². The fraction of sp³-hybridized carbons (Fsp3) is 0.0714. The molecule has 3 aromatic rings. The number of amides is 1. The first kappa shape index (κ1) is 12.2. The molecule has 0 bridgehead atoms. The molecular weight excluding hydrogens is 258 g/mol. The summed E-state index contributed by atoms with van der Waals surface area (Å²) in [6, 6.07) is 8.88. The van der Waals surface area contributed by atoms with Crippen LogP contribution in [-0.4, -0.2) is 16.0 Å². The molecule has 3 rings (SSSR count). The SMILES string of the molecule is O=C(NCc1ccc(-c2ccco2)nc1)c1ccno1. The monoisotopic (exact) mass is 269 g/mol. The van der Waals surface area contributed by atoms with Crippen LogP contribution in [0.4, 0.5) is 0 Å². The highest BCUT2D eigenvalue weighted by molar-refractivity contribution is 5.91. The molecule has 1 N–H and O–H groups in total. The zero-order valence-electron chi connectivity index (χ0n) is 10.4. The van der Waals surface area contributed by atoms with Crippen LogP contribution < -0.4 is 5.32 Å². The summed E-state index contributed by atoms with van der Waals surface area (Å²) < 4.78 is 10.0. The summed E-state index contributed by atoms with van der Waals surface area (Å²) in [5.41, 5.74) is 1.63. The lowest BCUT2D eigenvalue weighted by Crippen LogP contribution is -2.22. The third kappa shape index (κ3) is 2.59. The maximum atomic E-state index is 11.7. The minimum absolute atomic E-state index is 0.185. The smallest absolute Gasteiger partial charge is 0.290 e. The molecule has 0 aliphatic heterocycles. The van der Waals surface area contributed by atoms with E-state index in [1.54, 1.807) is 12.5 Å². The quantitative estimate of drug-likeness (QED) is 0.785. The van der Waals surface area contributed by atoms with E-state index in [1.807, 2.05) is 24.3 Å². The Balaban J connectivity index is 1.63. The zero-order valence-corrected chi connectivity index (χ0v) is 10.4. The Morgan fingerprint density at radius 1 is 1.25 bits per heavy atom. The molecule has 0 spiro atoms. The van der Waals surface area contributed by atoms with Crippen molar-refractivity contribution in [2.45, 2.75) is 6.54 Å². The number of nitrogens with one attached hydrogen (secondary N) is 1. The maximum absolute atomic E-state index is 11.7. The number of carbonyl (C=O) groups is 1. The fourth-order valence-corrected chi connectivity index (χ4v) is 1.70. The highest BCUT2D eigenvalue weighted by atomic mass is 16.5. The van der Waals surface area contributed by atoms with E-state index in [4.69, 9.17) is 8.94 Å². The Kier molecular flexibility index (Phi) is 3.28. The van der Waals surface area contributed by atoms with Gasteiger partial charge >= 0.3 is 0 Å². The van der Waals surface area contributed by atoms with Crippen molar-refractivity contribution in [3.63, 3.8) is 0 Å². The first-order valence-corrected chi connectivity index (χ1v) is 6.00. The second-order valence-electron chi connectivity index (χ2n) is 4.09. The Morgan fingerprint density at radius 2 is 2.20 bits per heavy atom. The van der Waals surface area contributed by atoms with Gasteiger partial charge in [-0.1, -0.05) is 11.2 Å². The molecule has 100 valence electrons. The predicted octanol–water partition coefficient (Wildman–Crippen LogP) is 2.26.